The molecule has 2 nitrogen and oxygen atoms in total. The van der Waals surface area contributed by atoms with E-state index in [0.717, 1.165) is 33.3 Å². The van der Waals surface area contributed by atoms with Crippen LogP contribution in [0.2, 0.25) is 0 Å². The van der Waals surface area contributed by atoms with E-state index in [-0.39, 0.29) is 10.8 Å². The molecule has 0 unspecified atom stereocenters. The third kappa shape index (κ3) is 3.31. The summed E-state index contributed by atoms with van der Waals surface area (Å²) in [6.07, 6.45) is 0. The molecular formula is C42H33NO. The van der Waals surface area contributed by atoms with Crippen LogP contribution in [0.4, 0.5) is 17.1 Å². The molecule has 0 N–H and O–H groups in total. The van der Waals surface area contributed by atoms with Crippen LogP contribution < -0.4 is 4.90 Å². The maximum Gasteiger partial charge on any atom is 0.137 e. The second kappa shape index (κ2) is 8.74. The minimum atomic E-state index is -0.156. The highest BCUT2D eigenvalue weighted by molar-refractivity contribution is 6.06. The van der Waals surface area contributed by atoms with Gasteiger partial charge in [0, 0.05) is 39.0 Å². The van der Waals surface area contributed by atoms with E-state index in [1.54, 1.807) is 0 Å². The smallest absolute Gasteiger partial charge is 0.137 e. The Hall–Kier alpha value is -5.08. The molecule has 6 aromatic carbocycles. The fraction of sp³-hybridized carbons (Fsp3) is 0.143. The van der Waals surface area contributed by atoms with Crippen LogP contribution in [0, 0.1) is 0 Å². The number of para-hydroxylation sites is 1. The number of hydrogen-bond acceptors (Lipinski definition) is 2. The molecule has 0 bridgehead atoms. The van der Waals surface area contributed by atoms with Crippen LogP contribution >= 0.6 is 0 Å². The molecule has 2 heteroatoms. The van der Waals surface area contributed by atoms with Gasteiger partial charge in [0.2, 0.25) is 0 Å². The Kier molecular flexibility index (Phi) is 5.05. The van der Waals surface area contributed by atoms with Gasteiger partial charge in [0.05, 0.1) is 5.69 Å². The van der Waals surface area contributed by atoms with Gasteiger partial charge in [-0.1, -0.05) is 113 Å². The highest BCUT2D eigenvalue weighted by atomic mass is 16.3. The minimum absolute atomic E-state index is 0.0928. The highest BCUT2D eigenvalue weighted by Crippen LogP contribution is 2.55. The average molecular weight is 568 g/mol. The summed E-state index contributed by atoms with van der Waals surface area (Å²) < 4.78 is 6.42. The number of benzene rings is 6. The highest BCUT2D eigenvalue weighted by Gasteiger charge is 2.40. The monoisotopic (exact) mass is 567 g/mol. The van der Waals surface area contributed by atoms with E-state index in [2.05, 4.69) is 154 Å². The van der Waals surface area contributed by atoms with Crippen LogP contribution in [0.3, 0.4) is 0 Å². The van der Waals surface area contributed by atoms with E-state index >= 15 is 0 Å². The molecule has 0 saturated carbocycles. The van der Waals surface area contributed by atoms with Crippen molar-refractivity contribution in [3.63, 3.8) is 0 Å². The van der Waals surface area contributed by atoms with Crippen molar-refractivity contribution in [3.05, 3.63) is 150 Å². The Morgan fingerprint density at radius 3 is 1.86 bits per heavy atom. The molecule has 0 atom stereocenters. The first-order valence-electron chi connectivity index (χ1n) is 15.5. The van der Waals surface area contributed by atoms with Crippen molar-refractivity contribution in [3.8, 4) is 22.3 Å². The SMILES string of the molecule is CC1(C)c2ccccc2-c2ccc(N(c3ccc4c(c3)oc3ccccc34)c3cccc4c3C(C)(C)c3ccccc3-4)cc21. The van der Waals surface area contributed by atoms with E-state index < -0.39 is 0 Å². The van der Waals surface area contributed by atoms with Gasteiger partial charge in [0.15, 0.2) is 0 Å². The lowest BCUT2D eigenvalue weighted by atomic mass is 9.81. The zero-order chi connectivity index (χ0) is 29.8. The Morgan fingerprint density at radius 2 is 1.05 bits per heavy atom. The van der Waals surface area contributed by atoms with Crippen molar-refractivity contribution >= 4 is 39.0 Å². The van der Waals surface area contributed by atoms with Gasteiger partial charge < -0.3 is 9.32 Å². The Morgan fingerprint density at radius 1 is 0.455 bits per heavy atom. The van der Waals surface area contributed by atoms with Gasteiger partial charge in [-0.05, 0) is 80.9 Å². The molecule has 0 amide bonds. The summed E-state index contributed by atoms with van der Waals surface area (Å²) in [5.41, 5.74) is 15.8. The lowest BCUT2D eigenvalue weighted by molar-refractivity contribution is 0.658. The molecule has 2 aliphatic rings. The molecule has 44 heavy (non-hydrogen) atoms. The molecule has 0 fully saturated rings. The van der Waals surface area contributed by atoms with Crippen LogP contribution in [0.1, 0.15) is 49.9 Å². The summed E-state index contributed by atoms with van der Waals surface area (Å²) in [6, 6.07) is 46.6. The van der Waals surface area contributed by atoms with Gasteiger partial charge in [-0.25, -0.2) is 0 Å². The summed E-state index contributed by atoms with van der Waals surface area (Å²) in [5, 5.41) is 2.29. The zero-order valence-electron chi connectivity index (χ0n) is 25.5. The maximum absolute atomic E-state index is 6.42. The Bertz CT molecular complexity index is 2300. The van der Waals surface area contributed by atoms with E-state index in [4.69, 9.17) is 4.42 Å². The van der Waals surface area contributed by atoms with Crippen LogP contribution in [0.5, 0.6) is 0 Å². The first kappa shape index (κ1) is 25.4. The number of hydrogen-bond donors (Lipinski definition) is 0. The average Bonchev–Trinajstić information content (AvgIpc) is 3.61. The number of nitrogens with zero attached hydrogens (tertiary/aromatic N) is 1. The lowest BCUT2D eigenvalue weighted by Gasteiger charge is -2.33. The second-order valence-corrected chi connectivity index (χ2v) is 13.4. The molecular weight excluding hydrogens is 534 g/mol. The Labute approximate surface area is 258 Å². The number of furan rings is 1. The molecule has 0 saturated heterocycles. The van der Waals surface area contributed by atoms with Crippen molar-refractivity contribution in [2.75, 3.05) is 4.90 Å². The quantitative estimate of drug-likeness (QED) is 0.211. The van der Waals surface area contributed by atoms with Gasteiger partial charge in [0.25, 0.3) is 0 Å². The minimum Gasteiger partial charge on any atom is -0.456 e. The van der Waals surface area contributed by atoms with Gasteiger partial charge in [0.1, 0.15) is 11.2 Å². The molecule has 0 aliphatic heterocycles. The normalized spacial score (nSPS) is 15.2. The molecule has 2 aliphatic carbocycles. The van der Waals surface area contributed by atoms with Crippen molar-refractivity contribution in [2.24, 2.45) is 0 Å². The van der Waals surface area contributed by atoms with E-state index in [1.807, 2.05) is 6.07 Å². The van der Waals surface area contributed by atoms with Crippen LogP contribution in [0.15, 0.2) is 132 Å². The van der Waals surface area contributed by atoms with E-state index in [1.165, 1.54) is 50.2 Å². The lowest BCUT2D eigenvalue weighted by Crippen LogP contribution is -2.21. The molecule has 212 valence electrons. The standard InChI is InChI=1S/C42H33NO/c1-41(2)34-16-8-5-12-28(34)30-22-20-26(24-36(30)41)43(27-21-23-32-31-14-7-10-19-38(31)44-39(32)25-27)37-18-11-15-33-29-13-6-9-17-35(29)42(3,4)40(33)37/h5-25H,1-4H3. The Balaban J connectivity index is 1.31. The largest absolute Gasteiger partial charge is 0.456 e. The first-order chi connectivity index (χ1) is 21.3. The van der Waals surface area contributed by atoms with Crippen molar-refractivity contribution in [1.29, 1.82) is 0 Å². The summed E-state index contributed by atoms with van der Waals surface area (Å²) in [4.78, 5) is 2.46. The summed E-state index contributed by atoms with van der Waals surface area (Å²) in [7, 11) is 0. The van der Waals surface area contributed by atoms with Crippen molar-refractivity contribution in [2.45, 2.75) is 38.5 Å². The second-order valence-electron chi connectivity index (χ2n) is 13.4. The predicted molar refractivity (Wildman–Crippen MR) is 184 cm³/mol. The fourth-order valence-electron chi connectivity index (χ4n) is 8.12. The zero-order valence-corrected chi connectivity index (χ0v) is 25.5. The molecule has 1 aromatic heterocycles. The third-order valence-electron chi connectivity index (χ3n) is 10.2. The number of anilines is 3. The van der Waals surface area contributed by atoms with Gasteiger partial charge in [-0.3, -0.25) is 0 Å². The number of rotatable bonds is 3. The molecule has 1 heterocycles. The van der Waals surface area contributed by atoms with Crippen molar-refractivity contribution in [1.82, 2.24) is 0 Å². The van der Waals surface area contributed by atoms with Crippen LogP contribution in [-0.2, 0) is 10.8 Å². The van der Waals surface area contributed by atoms with Gasteiger partial charge in [-0.2, -0.15) is 0 Å². The molecule has 7 aromatic rings. The number of fused-ring (bicyclic) bond motifs is 9. The molecule has 9 rings (SSSR count). The summed E-state index contributed by atoms with van der Waals surface area (Å²) >= 11 is 0. The topological polar surface area (TPSA) is 16.4 Å². The van der Waals surface area contributed by atoms with Gasteiger partial charge >= 0.3 is 0 Å². The fourth-order valence-corrected chi connectivity index (χ4v) is 8.12. The predicted octanol–water partition coefficient (Wildman–Crippen LogP) is 11.7. The van der Waals surface area contributed by atoms with Crippen LogP contribution in [0.25, 0.3) is 44.2 Å². The third-order valence-corrected chi connectivity index (χ3v) is 10.2. The maximum atomic E-state index is 6.42. The summed E-state index contributed by atoms with van der Waals surface area (Å²) in [6.45, 7) is 9.44. The molecule has 0 radical (unpaired) electrons. The first-order valence-corrected chi connectivity index (χ1v) is 15.5. The van der Waals surface area contributed by atoms with Crippen molar-refractivity contribution < 1.29 is 4.42 Å². The summed E-state index contributed by atoms with van der Waals surface area (Å²) in [5.74, 6) is 0. The van der Waals surface area contributed by atoms with E-state index in [9.17, 15) is 0 Å². The molecule has 0 spiro atoms. The van der Waals surface area contributed by atoms with Gasteiger partial charge in [-0.15, -0.1) is 0 Å². The van der Waals surface area contributed by atoms with E-state index in [0.29, 0.717) is 0 Å². The van der Waals surface area contributed by atoms with Crippen LogP contribution in [-0.4, -0.2) is 0 Å².